The molecule has 9 N–H and O–H groups in total. The van der Waals surface area contributed by atoms with Crippen LogP contribution in [0.25, 0.3) is 0 Å². The van der Waals surface area contributed by atoms with Gasteiger partial charge in [-0.3, -0.25) is 0 Å². The van der Waals surface area contributed by atoms with Crippen molar-refractivity contribution in [3.05, 3.63) is 0 Å². The van der Waals surface area contributed by atoms with Gasteiger partial charge in [-0.15, -0.1) is 0 Å². The molecular formula is C45H74O17. The molecule has 17 heteroatoms. The highest BCUT2D eigenvalue weighted by Gasteiger charge is 2.69. The molecule has 0 radical (unpaired) electrons. The van der Waals surface area contributed by atoms with Crippen LogP contribution >= 0.6 is 0 Å². The number of aliphatic hydroxyl groups excluding tert-OH is 9. The smallest absolute Gasteiger partial charge is 0.187 e. The first kappa shape index (κ1) is 46.4. The van der Waals surface area contributed by atoms with E-state index in [0.717, 1.165) is 51.6 Å². The monoisotopic (exact) mass is 886 g/mol. The van der Waals surface area contributed by atoms with E-state index in [2.05, 4.69) is 27.7 Å². The molecule has 0 aromatic heterocycles. The highest BCUT2D eigenvalue weighted by molar-refractivity contribution is 5.15. The minimum atomic E-state index is -1.76. The zero-order valence-electron chi connectivity index (χ0n) is 36.8. The van der Waals surface area contributed by atoms with Crippen molar-refractivity contribution in [2.24, 2.45) is 52.3 Å². The Morgan fingerprint density at radius 1 is 0.613 bits per heavy atom. The summed E-state index contributed by atoms with van der Waals surface area (Å²) in [5.74, 6) is 3.41. The van der Waals surface area contributed by atoms with Crippen molar-refractivity contribution in [1.29, 1.82) is 0 Å². The van der Waals surface area contributed by atoms with Gasteiger partial charge in [-0.25, -0.2) is 0 Å². The summed E-state index contributed by atoms with van der Waals surface area (Å²) in [5.41, 5.74) is 0.400. The Morgan fingerprint density at radius 2 is 1.29 bits per heavy atom. The quantitative estimate of drug-likeness (QED) is 0.149. The number of aliphatic hydroxyl groups is 9. The molecule has 27 atom stereocenters. The third-order valence-electron chi connectivity index (χ3n) is 18.2. The van der Waals surface area contributed by atoms with Gasteiger partial charge in [-0.2, -0.15) is 0 Å². The first-order valence-electron chi connectivity index (χ1n) is 23.7. The van der Waals surface area contributed by atoms with Crippen molar-refractivity contribution in [1.82, 2.24) is 0 Å². The molecule has 5 aliphatic heterocycles. The fraction of sp³-hybridized carbons (Fsp3) is 1.00. The van der Waals surface area contributed by atoms with Crippen molar-refractivity contribution < 1.29 is 83.9 Å². The summed E-state index contributed by atoms with van der Waals surface area (Å²) in [7, 11) is 0. The molecule has 0 aromatic carbocycles. The normalized spacial score (nSPS) is 58.9. The zero-order valence-corrected chi connectivity index (χ0v) is 36.8. The van der Waals surface area contributed by atoms with Crippen molar-refractivity contribution >= 4 is 0 Å². The lowest BCUT2D eigenvalue weighted by Gasteiger charge is -2.61. The van der Waals surface area contributed by atoms with Gasteiger partial charge in [-0.05, 0) is 111 Å². The Morgan fingerprint density at radius 3 is 2.00 bits per heavy atom. The summed E-state index contributed by atoms with van der Waals surface area (Å²) in [6.45, 7) is 10.8. The topological polar surface area (TPSA) is 256 Å². The molecule has 0 unspecified atom stereocenters. The van der Waals surface area contributed by atoms with E-state index in [-0.39, 0.29) is 23.0 Å². The molecule has 0 bridgehead atoms. The van der Waals surface area contributed by atoms with E-state index >= 15 is 0 Å². The fourth-order valence-electron chi connectivity index (χ4n) is 14.5. The Kier molecular flexibility index (Phi) is 13.1. The maximum Gasteiger partial charge on any atom is 0.187 e. The molecule has 62 heavy (non-hydrogen) atoms. The van der Waals surface area contributed by atoms with Crippen LogP contribution in [0.4, 0.5) is 0 Å². The molecule has 9 rings (SSSR count). The highest BCUT2D eigenvalue weighted by Crippen LogP contribution is 2.71. The van der Waals surface area contributed by atoms with Gasteiger partial charge in [-0.1, -0.05) is 27.7 Å². The van der Waals surface area contributed by atoms with Crippen LogP contribution in [0.5, 0.6) is 0 Å². The predicted molar refractivity (Wildman–Crippen MR) is 214 cm³/mol. The number of ether oxygens (including phenoxy) is 8. The van der Waals surface area contributed by atoms with Crippen LogP contribution in [0, 0.1) is 52.3 Å². The molecule has 9 aliphatic rings. The van der Waals surface area contributed by atoms with E-state index in [9.17, 15) is 46.0 Å². The van der Waals surface area contributed by atoms with Gasteiger partial charge in [0.25, 0.3) is 0 Å². The fourth-order valence-corrected chi connectivity index (χ4v) is 14.5. The molecule has 4 saturated carbocycles. The maximum atomic E-state index is 11.1. The molecule has 4 aliphatic carbocycles. The van der Waals surface area contributed by atoms with Gasteiger partial charge >= 0.3 is 0 Å². The van der Waals surface area contributed by atoms with Gasteiger partial charge in [0.1, 0.15) is 67.1 Å². The molecule has 5 heterocycles. The molecule has 1 spiro atoms. The van der Waals surface area contributed by atoms with Crippen LogP contribution in [0.15, 0.2) is 0 Å². The second-order valence-corrected chi connectivity index (χ2v) is 21.5. The Balaban J connectivity index is 0.793. The van der Waals surface area contributed by atoms with Gasteiger partial charge in [0.2, 0.25) is 0 Å². The lowest BCUT2D eigenvalue weighted by atomic mass is 9.44. The minimum absolute atomic E-state index is 0.156. The summed E-state index contributed by atoms with van der Waals surface area (Å²) in [4.78, 5) is 0. The number of hydrogen-bond donors (Lipinski definition) is 9. The van der Waals surface area contributed by atoms with E-state index in [0.29, 0.717) is 41.4 Å². The predicted octanol–water partition coefficient (Wildman–Crippen LogP) is 0.294. The zero-order chi connectivity index (χ0) is 44.2. The lowest BCUT2D eigenvalue weighted by molar-refractivity contribution is -0.363. The standard InChI is InChI=1S/C45H74O17/c1-19-8-13-45(56-17-19)20(2)30-27(62-45)15-26-24-7-6-22-14-23(9-11-43(22,4)25(24)10-12-44(26,30)5)58-42-37(53)34(50)32(48)29(60-42)18-55-40-38(54)35(51)39(28(16-46)59-40)61-41-36(52)33(49)31(47)21(3)57-41/h19-42,46-54H,6-18H2,1-5H3/t19-,20-,21-,22+,23-,24+,25-,26-,27-,28+,29-,30-,31+,32+,33-,34+,35+,36+,37-,38-,39-,40+,41-,42+,43-,44-,45+/m0/s1. The number of fused-ring (bicyclic) bond motifs is 7. The van der Waals surface area contributed by atoms with E-state index in [1.54, 1.807) is 0 Å². The summed E-state index contributed by atoms with van der Waals surface area (Å²) >= 11 is 0. The van der Waals surface area contributed by atoms with Crippen molar-refractivity contribution in [3.63, 3.8) is 0 Å². The van der Waals surface area contributed by atoms with E-state index in [1.807, 2.05) is 0 Å². The van der Waals surface area contributed by atoms with Crippen LogP contribution < -0.4 is 0 Å². The molecule has 9 fully saturated rings. The SMILES string of the molecule is C[C@H]1CC[C@@]2(OC1)O[C@H]1C[C@H]3[C@@H]4CC[C@@H]5C[C@@H](O[C@@H]6O[C@@H](CO[C@@H]7O[C@H](CO)[C@H](O[C@@H]8O[C@@H](C)[C@@H](O)[C@H](O)[C@H]8O)[C@H](O)[C@@H]7O)[C@@H](O)[C@@H](O)[C@@H]6O)CC[C@]5(C)[C@H]4CC[C@]3(C)[C@H]1[C@@H]2C. The van der Waals surface area contributed by atoms with Gasteiger partial charge < -0.3 is 83.9 Å². The molecule has 356 valence electrons. The Bertz CT molecular complexity index is 1550. The lowest BCUT2D eigenvalue weighted by Crippen LogP contribution is -2.64. The second-order valence-electron chi connectivity index (χ2n) is 21.5. The van der Waals surface area contributed by atoms with Crippen LogP contribution in [0.3, 0.4) is 0 Å². The molecule has 5 saturated heterocycles. The summed E-state index contributed by atoms with van der Waals surface area (Å²) in [5, 5.41) is 95.7. The molecule has 0 aromatic rings. The van der Waals surface area contributed by atoms with Gasteiger partial charge in [0.15, 0.2) is 24.7 Å². The molecule has 0 amide bonds. The third-order valence-corrected chi connectivity index (χ3v) is 18.2. The van der Waals surface area contributed by atoms with Crippen LogP contribution in [-0.2, 0) is 37.9 Å². The largest absolute Gasteiger partial charge is 0.394 e. The van der Waals surface area contributed by atoms with E-state index < -0.39 is 111 Å². The Labute approximate surface area is 364 Å². The average Bonchev–Trinajstić information content (AvgIpc) is 3.70. The van der Waals surface area contributed by atoms with Gasteiger partial charge in [0, 0.05) is 12.3 Å². The van der Waals surface area contributed by atoms with Crippen molar-refractivity contribution in [3.8, 4) is 0 Å². The van der Waals surface area contributed by atoms with Gasteiger partial charge in [0.05, 0.1) is 38.1 Å². The van der Waals surface area contributed by atoms with Crippen LogP contribution in [-0.4, -0.2) is 176 Å². The molecular weight excluding hydrogens is 812 g/mol. The summed E-state index contributed by atoms with van der Waals surface area (Å²) in [6, 6.07) is 0. The highest BCUT2D eigenvalue weighted by atomic mass is 16.8. The minimum Gasteiger partial charge on any atom is -0.394 e. The van der Waals surface area contributed by atoms with Crippen molar-refractivity contribution in [2.45, 2.75) is 209 Å². The number of rotatable bonds is 8. The third kappa shape index (κ3) is 7.66. The first-order valence-corrected chi connectivity index (χ1v) is 23.7. The van der Waals surface area contributed by atoms with Crippen LogP contribution in [0.2, 0.25) is 0 Å². The first-order chi connectivity index (χ1) is 29.4. The average molecular weight is 887 g/mol. The Hall–Kier alpha value is -0.680. The van der Waals surface area contributed by atoms with E-state index in [4.69, 9.17) is 37.9 Å². The summed E-state index contributed by atoms with van der Waals surface area (Å²) < 4.78 is 48.7. The van der Waals surface area contributed by atoms with Crippen LogP contribution in [0.1, 0.15) is 98.8 Å². The molecule has 17 nitrogen and oxygen atoms in total. The number of hydrogen-bond acceptors (Lipinski definition) is 17. The van der Waals surface area contributed by atoms with E-state index in [1.165, 1.54) is 26.2 Å². The van der Waals surface area contributed by atoms with Crippen molar-refractivity contribution in [2.75, 3.05) is 19.8 Å². The summed E-state index contributed by atoms with van der Waals surface area (Å²) in [6.07, 6.45) is -11.7. The maximum absolute atomic E-state index is 11.1. The second kappa shape index (κ2) is 17.4.